The highest BCUT2D eigenvalue weighted by atomic mass is 19.1. The molecular formula is C57H71FN8O5. The van der Waals surface area contributed by atoms with Gasteiger partial charge in [0.05, 0.1) is 42.7 Å². The number of halogens is 1. The molecule has 1 spiro atoms. The van der Waals surface area contributed by atoms with Crippen LogP contribution in [0, 0.1) is 16.5 Å². The summed E-state index contributed by atoms with van der Waals surface area (Å²) >= 11 is 0. The summed E-state index contributed by atoms with van der Waals surface area (Å²) in [4.78, 5) is 24.5. The molecule has 4 heterocycles. The summed E-state index contributed by atoms with van der Waals surface area (Å²) in [6.07, 6.45) is 14.6. The highest BCUT2D eigenvalue weighted by molar-refractivity contribution is 6.07. The Kier molecular flexibility index (Phi) is 13.5. The van der Waals surface area contributed by atoms with E-state index in [2.05, 4.69) is 68.6 Å². The van der Waals surface area contributed by atoms with Crippen molar-refractivity contribution in [3.8, 4) is 17.4 Å². The van der Waals surface area contributed by atoms with Gasteiger partial charge in [-0.2, -0.15) is 5.10 Å². The van der Waals surface area contributed by atoms with E-state index in [4.69, 9.17) is 9.47 Å². The number of hydrogen-bond acceptors (Lipinski definition) is 10. The van der Waals surface area contributed by atoms with Crippen molar-refractivity contribution < 1.29 is 28.8 Å². The molecule has 2 aromatic heterocycles. The Morgan fingerprint density at radius 3 is 2.51 bits per heavy atom. The topological polar surface area (TPSA) is 145 Å². The summed E-state index contributed by atoms with van der Waals surface area (Å²) in [5.41, 5.74) is 7.89. The van der Waals surface area contributed by atoms with Crippen molar-refractivity contribution in [1.82, 2.24) is 25.0 Å². The number of likely N-dealkylation sites (tertiary alicyclic amines) is 1. The van der Waals surface area contributed by atoms with Crippen LogP contribution in [0.15, 0.2) is 72.9 Å². The molecule has 10 rings (SSSR count). The maximum Gasteiger partial charge on any atom is 0.259 e. The molecule has 2 saturated carbocycles. The number of carbonyl (C=O) groups excluding carboxylic acids is 1. The standard InChI is InChI=1S/C57H71FN8O5/c1-8-46(42-29-49(64(6)69)52(53-44(42)32-60-63(53)5)59-31-36-20-22-56(4,68)23-21-36)61-54(67)41-17-16-37(28-50(41)71-51-30-43-45(58)18-19-47(43)62-55(51)70-7)65-26-24-57(25-27-65)33-66(34-57)48-15-11-14-40(48)39-13-10-9-12-38(39)35(2)3/h8-10,12-13,16-18,28-30,32,35-36,40,48,59,64,68H,11,14-15,19-27,31,33-34H2,1-7H3,(H,61,67)/b46-8+/t36-,40-,48-,56-/m0/s1. The summed E-state index contributed by atoms with van der Waals surface area (Å²) in [6, 6.07) is 18.8. The largest absolute Gasteiger partial charge is 0.629 e. The third-order valence-corrected chi connectivity index (χ3v) is 16.6. The second kappa shape index (κ2) is 19.7. The average Bonchev–Trinajstić information content (AvgIpc) is 4.10. The summed E-state index contributed by atoms with van der Waals surface area (Å²) in [5, 5.41) is 36.1. The van der Waals surface area contributed by atoms with Crippen molar-refractivity contribution in [3.05, 3.63) is 112 Å². The number of ether oxygens (including phenoxy) is 2. The molecule has 1 amide bonds. The van der Waals surface area contributed by atoms with E-state index in [1.807, 2.05) is 45.2 Å². The molecule has 0 bridgehead atoms. The molecule has 0 radical (unpaired) electrons. The number of hydroxylamine groups is 1. The first-order valence-electron chi connectivity index (χ1n) is 25.9. The van der Waals surface area contributed by atoms with Crippen LogP contribution in [0.4, 0.5) is 21.5 Å². The maximum absolute atomic E-state index is 15.1. The van der Waals surface area contributed by atoms with Crippen molar-refractivity contribution in [2.75, 3.05) is 57.1 Å². The summed E-state index contributed by atoms with van der Waals surface area (Å²) in [6.45, 7) is 13.0. The minimum atomic E-state index is -0.639. The lowest BCUT2D eigenvalue weighted by Gasteiger charge is -2.57. The van der Waals surface area contributed by atoms with Crippen molar-refractivity contribution in [3.63, 3.8) is 0 Å². The molecule has 1 unspecified atom stereocenters. The van der Waals surface area contributed by atoms with Gasteiger partial charge in [-0.3, -0.25) is 14.4 Å². The van der Waals surface area contributed by atoms with Gasteiger partial charge in [0.1, 0.15) is 17.3 Å². The van der Waals surface area contributed by atoms with Gasteiger partial charge < -0.3 is 40.4 Å². The van der Waals surface area contributed by atoms with Gasteiger partial charge in [-0.1, -0.05) is 50.6 Å². The fraction of sp³-hybridized carbons (Fsp3) is 0.491. The van der Waals surface area contributed by atoms with Crippen LogP contribution in [-0.4, -0.2) is 89.2 Å². The van der Waals surface area contributed by atoms with Crippen LogP contribution in [0.25, 0.3) is 22.4 Å². The molecule has 3 aliphatic carbocycles. The lowest BCUT2D eigenvalue weighted by molar-refractivity contribution is -0.750. The van der Waals surface area contributed by atoms with Crippen LogP contribution in [0.3, 0.4) is 0 Å². The molecule has 3 atom stereocenters. The number of benzene rings is 3. The molecule has 5 aliphatic rings. The second-order valence-corrected chi connectivity index (χ2v) is 21.7. The number of aliphatic hydroxyl groups is 1. The number of piperidine rings is 1. The first kappa shape index (κ1) is 48.8. The van der Waals surface area contributed by atoms with E-state index in [1.165, 1.54) is 38.0 Å². The zero-order valence-electron chi connectivity index (χ0n) is 42.5. The number of nitrogens with one attached hydrogen (secondary N) is 3. The normalized spacial score (nSPS) is 23.7. The molecule has 2 aliphatic heterocycles. The van der Waals surface area contributed by atoms with Crippen LogP contribution in [0.2, 0.25) is 0 Å². The number of nitrogens with zero attached hydrogens (tertiary/aromatic N) is 5. The van der Waals surface area contributed by atoms with E-state index >= 15 is 4.39 Å². The number of rotatable bonds is 14. The number of methoxy groups -OCH3 is 1. The van der Waals surface area contributed by atoms with Crippen molar-refractivity contribution >= 4 is 45.4 Å². The van der Waals surface area contributed by atoms with E-state index in [0.29, 0.717) is 76.1 Å². The molecule has 14 heteroatoms. The summed E-state index contributed by atoms with van der Waals surface area (Å²) in [7, 11) is 4.91. The van der Waals surface area contributed by atoms with Gasteiger partial charge in [0.15, 0.2) is 11.4 Å². The lowest BCUT2D eigenvalue weighted by Crippen LogP contribution is -2.98. The minimum absolute atomic E-state index is 0.122. The van der Waals surface area contributed by atoms with Crippen LogP contribution < -0.4 is 30.1 Å². The number of fused-ring (bicyclic) bond motifs is 2. The van der Waals surface area contributed by atoms with Crippen molar-refractivity contribution in [2.24, 2.45) is 18.4 Å². The van der Waals surface area contributed by atoms with Crippen LogP contribution in [0.5, 0.6) is 17.4 Å². The first-order valence-corrected chi connectivity index (χ1v) is 25.9. The van der Waals surface area contributed by atoms with E-state index in [1.54, 1.807) is 35.6 Å². The van der Waals surface area contributed by atoms with Gasteiger partial charge in [-0.25, -0.2) is 9.37 Å². The van der Waals surface area contributed by atoms with E-state index < -0.39 is 11.5 Å². The number of anilines is 2. The first-order chi connectivity index (χ1) is 34.1. The molecule has 376 valence electrons. The predicted molar refractivity (Wildman–Crippen MR) is 279 cm³/mol. The van der Waals surface area contributed by atoms with Gasteiger partial charge in [0.2, 0.25) is 0 Å². The number of aryl methyl sites for hydroxylation is 1. The zero-order chi connectivity index (χ0) is 49.8. The van der Waals surface area contributed by atoms with Gasteiger partial charge in [-0.05, 0) is 124 Å². The molecule has 3 aromatic carbocycles. The Bertz CT molecular complexity index is 2860. The number of carbonyl (C=O) groups is 1. The van der Waals surface area contributed by atoms with Crippen LogP contribution in [0.1, 0.15) is 136 Å². The Morgan fingerprint density at radius 2 is 1.79 bits per heavy atom. The lowest BCUT2D eigenvalue weighted by atomic mass is 9.70. The number of allylic oxidation sites excluding steroid dienone is 2. The SMILES string of the molecule is C/C=C(/NC(=O)c1ccc(N2CCC3(CC2)CN([C@H]2CCC[C@H]2c2ccccc2C(C)C)C3)cc1Oc1cc2c(nc1OC)CC=C2F)c1cc([NH+](C)[O-])c(NC[C@H]2CC[C@](C)(O)CC2)c2c1cnn2C. The number of hydrogen-bond donors (Lipinski definition) is 4. The zero-order valence-corrected chi connectivity index (χ0v) is 42.5. The monoisotopic (exact) mass is 967 g/mol. The Labute approximate surface area is 417 Å². The molecule has 71 heavy (non-hydrogen) atoms. The number of pyridine rings is 1. The maximum atomic E-state index is 15.1. The third-order valence-electron chi connectivity index (χ3n) is 16.6. The minimum Gasteiger partial charge on any atom is -0.629 e. The average molecular weight is 967 g/mol. The highest BCUT2D eigenvalue weighted by Crippen LogP contribution is 2.49. The molecule has 4 N–H and O–H groups in total. The number of quaternary nitrogens is 1. The highest BCUT2D eigenvalue weighted by Gasteiger charge is 2.49. The van der Waals surface area contributed by atoms with E-state index in [-0.39, 0.29) is 33.8 Å². The number of aromatic nitrogens is 3. The smallest absolute Gasteiger partial charge is 0.259 e. The summed E-state index contributed by atoms with van der Waals surface area (Å²) in [5.74, 6) is 1.33. The van der Waals surface area contributed by atoms with Crippen LogP contribution >= 0.6 is 0 Å². The molecule has 2 saturated heterocycles. The van der Waals surface area contributed by atoms with E-state index in [9.17, 15) is 15.1 Å². The molecule has 4 fully saturated rings. The van der Waals surface area contributed by atoms with E-state index in [0.717, 1.165) is 81.3 Å². The molecule has 5 aromatic rings. The third kappa shape index (κ3) is 9.56. The molecular weight excluding hydrogens is 896 g/mol. The number of amides is 1. The Balaban J connectivity index is 0.902. The summed E-state index contributed by atoms with van der Waals surface area (Å²) < 4.78 is 29.1. The Morgan fingerprint density at radius 1 is 1.03 bits per heavy atom. The quantitative estimate of drug-likeness (QED) is 0.0795. The Hall–Kier alpha value is -5.80. The van der Waals surface area contributed by atoms with Gasteiger partial charge in [0.25, 0.3) is 11.8 Å². The predicted octanol–water partition coefficient (Wildman–Crippen LogP) is 9.79. The van der Waals surface area contributed by atoms with Gasteiger partial charge in [0, 0.05) is 92.3 Å². The fourth-order valence-electron chi connectivity index (χ4n) is 12.5. The second-order valence-electron chi connectivity index (χ2n) is 21.7. The van der Waals surface area contributed by atoms with Gasteiger partial charge >= 0.3 is 0 Å². The van der Waals surface area contributed by atoms with Gasteiger partial charge in [-0.15, -0.1) is 0 Å². The fourth-order valence-corrected chi connectivity index (χ4v) is 12.5. The van der Waals surface area contributed by atoms with Crippen LogP contribution in [-0.2, 0) is 13.5 Å². The van der Waals surface area contributed by atoms with Crippen molar-refractivity contribution in [2.45, 2.75) is 115 Å². The molecule has 13 nitrogen and oxygen atoms in total. The van der Waals surface area contributed by atoms with Crippen molar-refractivity contribution in [1.29, 1.82) is 0 Å².